The van der Waals surface area contributed by atoms with Gasteiger partial charge >= 0.3 is 12.0 Å². The van der Waals surface area contributed by atoms with Crippen molar-refractivity contribution in [1.82, 2.24) is 20.2 Å². The molecule has 1 aromatic heterocycles. The zero-order valence-corrected chi connectivity index (χ0v) is 10.7. The first kappa shape index (κ1) is 13.3. The molecule has 1 aliphatic heterocycles. The fourth-order valence-corrected chi connectivity index (χ4v) is 2.01. The molecule has 0 saturated carbocycles. The van der Waals surface area contributed by atoms with Crippen LogP contribution in [0.1, 0.15) is 19.0 Å². The molecule has 1 aliphatic rings. The number of carboxylic acids is 1. The summed E-state index contributed by atoms with van der Waals surface area (Å²) in [5.74, 6) is -0.862. The second kappa shape index (κ2) is 5.21. The second-order valence-electron chi connectivity index (χ2n) is 4.90. The van der Waals surface area contributed by atoms with Crippen LogP contribution >= 0.6 is 0 Å². The van der Waals surface area contributed by atoms with E-state index in [9.17, 15) is 9.59 Å². The van der Waals surface area contributed by atoms with Gasteiger partial charge in [-0.1, -0.05) is 0 Å². The zero-order chi connectivity index (χ0) is 13.9. The molecule has 2 N–H and O–H groups in total. The molecule has 1 unspecified atom stereocenters. The van der Waals surface area contributed by atoms with Gasteiger partial charge in [-0.25, -0.2) is 14.8 Å². The SMILES string of the molecule is CC1(C(=O)O)CCN(C(=O)NCc2ccncn2)C1. The standard InChI is InChI=1S/C12H16N4O3/c1-12(10(17)18)3-5-16(7-12)11(19)14-6-9-2-4-13-8-15-9/h2,4,8H,3,5-7H2,1H3,(H,14,19)(H,17,18). The highest BCUT2D eigenvalue weighted by Gasteiger charge is 2.42. The van der Waals surface area contributed by atoms with Gasteiger partial charge in [-0.3, -0.25) is 4.79 Å². The Morgan fingerprint density at radius 1 is 1.58 bits per heavy atom. The average molecular weight is 264 g/mol. The third kappa shape index (κ3) is 2.98. The zero-order valence-electron chi connectivity index (χ0n) is 10.7. The molecule has 7 nitrogen and oxygen atoms in total. The van der Waals surface area contributed by atoms with Crippen molar-refractivity contribution in [3.05, 3.63) is 24.3 Å². The average Bonchev–Trinajstić information content (AvgIpc) is 2.81. The summed E-state index contributed by atoms with van der Waals surface area (Å²) >= 11 is 0. The van der Waals surface area contributed by atoms with Gasteiger partial charge in [-0.2, -0.15) is 0 Å². The summed E-state index contributed by atoms with van der Waals surface area (Å²) in [6.07, 6.45) is 3.49. The van der Waals surface area contributed by atoms with Crippen LogP contribution in [-0.4, -0.2) is 45.1 Å². The molecular weight excluding hydrogens is 248 g/mol. The maximum absolute atomic E-state index is 11.9. The topological polar surface area (TPSA) is 95.4 Å². The second-order valence-corrected chi connectivity index (χ2v) is 4.90. The minimum Gasteiger partial charge on any atom is -0.481 e. The van der Waals surface area contributed by atoms with Crippen LogP contribution in [0.25, 0.3) is 0 Å². The largest absolute Gasteiger partial charge is 0.481 e. The van der Waals surface area contributed by atoms with Crippen molar-refractivity contribution in [2.45, 2.75) is 19.9 Å². The van der Waals surface area contributed by atoms with E-state index < -0.39 is 11.4 Å². The predicted octanol–water partition coefficient (Wildman–Crippen LogP) is 0.483. The molecule has 2 rings (SSSR count). The Morgan fingerprint density at radius 2 is 2.37 bits per heavy atom. The summed E-state index contributed by atoms with van der Waals surface area (Å²) in [4.78, 5) is 32.3. The number of amides is 2. The highest BCUT2D eigenvalue weighted by Crippen LogP contribution is 2.29. The Labute approximate surface area is 110 Å². The summed E-state index contributed by atoms with van der Waals surface area (Å²) in [6, 6.07) is 1.45. The van der Waals surface area contributed by atoms with Gasteiger partial charge < -0.3 is 15.3 Å². The maximum Gasteiger partial charge on any atom is 0.317 e. The van der Waals surface area contributed by atoms with Crippen LogP contribution in [0.5, 0.6) is 0 Å². The third-order valence-electron chi connectivity index (χ3n) is 3.34. The number of hydrogen-bond donors (Lipinski definition) is 2. The van der Waals surface area contributed by atoms with Crippen LogP contribution in [0.4, 0.5) is 4.79 Å². The molecule has 1 fully saturated rings. The highest BCUT2D eigenvalue weighted by atomic mass is 16.4. The molecule has 0 bridgehead atoms. The van der Waals surface area contributed by atoms with E-state index >= 15 is 0 Å². The van der Waals surface area contributed by atoms with E-state index in [1.165, 1.54) is 11.2 Å². The van der Waals surface area contributed by atoms with E-state index in [2.05, 4.69) is 15.3 Å². The third-order valence-corrected chi connectivity index (χ3v) is 3.34. The van der Waals surface area contributed by atoms with Crippen LogP contribution in [0.15, 0.2) is 18.6 Å². The fourth-order valence-electron chi connectivity index (χ4n) is 2.01. The van der Waals surface area contributed by atoms with Gasteiger partial charge in [0.25, 0.3) is 0 Å². The smallest absolute Gasteiger partial charge is 0.317 e. The molecule has 102 valence electrons. The first-order valence-electron chi connectivity index (χ1n) is 6.02. The van der Waals surface area contributed by atoms with Gasteiger partial charge in [0, 0.05) is 19.3 Å². The quantitative estimate of drug-likeness (QED) is 0.828. The number of nitrogens with zero attached hydrogens (tertiary/aromatic N) is 3. The number of likely N-dealkylation sites (tertiary alicyclic amines) is 1. The molecule has 0 radical (unpaired) electrons. The Morgan fingerprint density at radius 3 is 2.95 bits per heavy atom. The van der Waals surface area contributed by atoms with E-state index in [1.807, 2.05) is 0 Å². The van der Waals surface area contributed by atoms with Crippen LogP contribution in [0.3, 0.4) is 0 Å². The number of carbonyl (C=O) groups excluding carboxylic acids is 1. The summed E-state index contributed by atoms with van der Waals surface area (Å²) in [5, 5.41) is 11.8. The van der Waals surface area contributed by atoms with Crippen LogP contribution in [-0.2, 0) is 11.3 Å². The maximum atomic E-state index is 11.9. The lowest BCUT2D eigenvalue weighted by atomic mass is 9.90. The molecular formula is C12H16N4O3. The van der Waals surface area contributed by atoms with Gasteiger partial charge in [-0.05, 0) is 19.4 Å². The van der Waals surface area contributed by atoms with E-state index in [-0.39, 0.29) is 12.6 Å². The lowest BCUT2D eigenvalue weighted by Gasteiger charge is -2.20. The minimum atomic E-state index is -0.862. The van der Waals surface area contributed by atoms with Crippen molar-refractivity contribution in [3.8, 4) is 0 Å². The van der Waals surface area contributed by atoms with Crippen molar-refractivity contribution >= 4 is 12.0 Å². The number of carboxylic acid groups (broad SMARTS) is 1. The van der Waals surface area contributed by atoms with E-state index in [0.29, 0.717) is 25.2 Å². The summed E-state index contributed by atoms with van der Waals surface area (Å²) < 4.78 is 0. The Balaban J connectivity index is 1.87. The van der Waals surface area contributed by atoms with Crippen molar-refractivity contribution < 1.29 is 14.7 Å². The Hall–Kier alpha value is -2.18. The number of hydrogen-bond acceptors (Lipinski definition) is 4. The molecule has 2 heterocycles. The lowest BCUT2D eigenvalue weighted by molar-refractivity contribution is -0.146. The molecule has 1 aromatic rings. The normalized spacial score (nSPS) is 22.3. The van der Waals surface area contributed by atoms with Crippen LogP contribution < -0.4 is 5.32 Å². The number of aromatic nitrogens is 2. The number of nitrogens with one attached hydrogen (secondary N) is 1. The highest BCUT2D eigenvalue weighted by molar-refractivity contribution is 5.79. The number of aliphatic carboxylic acids is 1. The van der Waals surface area contributed by atoms with Gasteiger partial charge in [0.05, 0.1) is 17.7 Å². The number of rotatable bonds is 3. The minimum absolute atomic E-state index is 0.234. The molecule has 2 amide bonds. The predicted molar refractivity (Wildman–Crippen MR) is 66.2 cm³/mol. The van der Waals surface area contributed by atoms with E-state index in [4.69, 9.17) is 5.11 Å². The van der Waals surface area contributed by atoms with Crippen LogP contribution in [0, 0.1) is 5.41 Å². The Bertz CT molecular complexity index is 479. The van der Waals surface area contributed by atoms with E-state index in [0.717, 1.165) is 0 Å². The van der Waals surface area contributed by atoms with Gasteiger partial charge in [0.1, 0.15) is 6.33 Å². The van der Waals surface area contributed by atoms with Gasteiger partial charge in [0.2, 0.25) is 0 Å². The molecule has 0 spiro atoms. The van der Waals surface area contributed by atoms with Crippen molar-refractivity contribution in [2.24, 2.45) is 5.41 Å². The van der Waals surface area contributed by atoms with Gasteiger partial charge in [0.15, 0.2) is 0 Å². The Kier molecular flexibility index (Phi) is 3.64. The lowest BCUT2D eigenvalue weighted by Crippen LogP contribution is -2.40. The first-order valence-corrected chi connectivity index (χ1v) is 6.02. The molecule has 1 saturated heterocycles. The van der Waals surface area contributed by atoms with Crippen molar-refractivity contribution in [3.63, 3.8) is 0 Å². The van der Waals surface area contributed by atoms with Crippen molar-refractivity contribution in [1.29, 1.82) is 0 Å². The van der Waals surface area contributed by atoms with E-state index in [1.54, 1.807) is 19.2 Å². The summed E-state index contributed by atoms with van der Waals surface area (Å²) in [7, 11) is 0. The molecule has 0 aliphatic carbocycles. The van der Waals surface area contributed by atoms with Gasteiger partial charge in [-0.15, -0.1) is 0 Å². The summed E-state index contributed by atoms with van der Waals surface area (Å²) in [5.41, 5.74) is -0.129. The summed E-state index contributed by atoms with van der Waals surface area (Å²) in [6.45, 7) is 2.66. The molecule has 7 heteroatoms. The monoisotopic (exact) mass is 264 g/mol. The molecule has 19 heavy (non-hydrogen) atoms. The van der Waals surface area contributed by atoms with Crippen molar-refractivity contribution in [2.75, 3.05) is 13.1 Å². The number of urea groups is 1. The number of carbonyl (C=O) groups is 2. The molecule has 1 atom stereocenters. The first-order chi connectivity index (χ1) is 9.01. The fraction of sp³-hybridized carbons (Fsp3) is 0.500. The van der Waals surface area contributed by atoms with Crippen LogP contribution in [0.2, 0.25) is 0 Å². The molecule has 0 aromatic carbocycles.